The average molecular weight is 719 g/mol. The van der Waals surface area contributed by atoms with Crippen LogP contribution >= 0.6 is 41.7 Å². The van der Waals surface area contributed by atoms with Crippen LogP contribution in [0.25, 0.3) is 34.3 Å². The van der Waals surface area contributed by atoms with Crippen LogP contribution in [0.15, 0.2) is 58.0 Å². The lowest BCUT2D eigenvalue weighted by Gasteiger charge is -2.10. The molecular formula is C26H33F2N6O4P5S. The van der Waals surface area contributed by atoms with Crippen LogP contribution in [0.4, 0.5) is 14.6 Å². The molecule has 3 N–H and O–H groups in total. The summed E-state index contributed by atoms with van der Waals surface area (Å²) >= 11 is 0. The Hall–Kier alpha value is -1.66. The first-order chi connectivity index (χ1) is 21.0. The van der Waals surface area contributed by atoms with Crippen molar-refractivity contribution < 1.29 is 26.4 Å². The first-order valence-electron chi connectivity index (χ1n) is 13.3. The molecule has 44 heavy (non-hydrogen) atoms. The van der Waals surface area contributed by atoms with Crippen LogP contribution in [0.2, 0.25) is 0 Å². The van der Waals surface area contributed by atoms with Crippen molar-refractivity contribution in [2.75, 3.05) is 25.5 Å². The van der Waals surface area contributed by atoms with E-state index in [1.165, 1.54) is 37.4 Å². The van der Waals surface area contributed by atoms with E-state index in [9.17, 15) is 17.2 Å². The fourth-order valence-electron chi connectivity index (χ4n) is 4.15. The van der Waals surface area contributed by atoms with Crippen LogP contribution in [-0.4, -0.2) is 59.8 Å². The number of nitrogens with two attached hydrogens (primary N) is 1. The third kappa shape index (κ3) is 9.21. The molecule has 1 saturated heterocycles. The number of alkyl halides is 1. The maximum atomic E-state index is 14.8. The predicted octanol–water partition coefficient (Wildman–Crippen LogP) is 6.02. The highest BCUT2D eigenvalue weighted by Crippen LogP contribution is 2.71. The molecule has 0 radical (unpaired) electrons. The van der Waals surface area contributed by atoms with Crippen molar-refractivity contribution in [1.82, 2.24) is 25.5 Å². The molecule has 6 atom stereocenters. The van der Waals surface area contributed by atoms with Gasteiger partial charge in [-0.05, 0) is 50.2 Å². The Morgan fingerprint density at radius 1 is 1.18 bits per heavy atom. The number of ether oxygens (including phenoxy) is 1. The van der Waals surface area contributed by atoms with E-state index in [1.807, 2.05) is 0 Å². The molecule has 0 aliphatic carbocycles. The largest absolute Gasteiger partial charge is 0.414 e. The van der Waals surface area contributed by atoms with E-state index in [0.717, 1.165) is 7.96 Å². The summed E-state index contributed by atoms with van der Waals surface area (Å²) < 4.78 is 64.3. The first-order valence-corrected chi connectivity index (χ1v) is 23.0. The molecule has 1 fully saturated rings. The number of benzene rings is 2. The number of anilines is 1. The van der Waals surface area contributed by atoms with E-state index in [2.05, 4.69) is 52.3 Å². The number of hydrogen-bond acceptors (Lipinski definition) is 10. The number of aromatic nitrogens is 4. The molecule has 18 heteroatoms. The normalized spacial score (nSPS) is 15.9. The summed E-state index contributed by atoms with van der Waals surface area (Å²) in [5.41, 5.74) is 7.84. The summed E-state index contributed by atoms with van der Waals surface area (Å²) in [7, 11) is 5.74. The van der Waals surface area contributed by atoms with Gasteiger partial charge < -0.3 is 20.2 Å². The van der Waals surface area contributed by atoms with Crippen LogP contribution in [-0.2, 0) is 21.1 Å². The molecule has 0 bridgehead atoms. The van der Waals surface area contributed by atoms with Gasteiger partial charge in [-0.3, -0.25) is 0 Å². The van der Waals surface area contributed by atoms with Gasteiger partial charge >= 0.3 is 0 Å². The molecule has 3 heterocycles. The highest BCUT2D eigenvalue weighted by Gasteiger charge is 2.31. The molecule has 4 aromatic rings. The molecule has 236 valence electrons. The molecule has 2 aromatic heterocycles. The number of halogens is 2. The summed E-state index contributed by atoms with van der Waals surface area (Å²) in [6.07, 6.45) is 0.904. The number of nitrogens with zero attached hydrogens (tertiary/aromatic N) is 4. The quantitative estimate of drug-likeness (QED) is 0.187. The Morgan fingerprint density at radius 3 is 2.50 bits per heavy atom. The van der Waals surface area contributed by atoms with Crippen molar-refractivity contribution >= 4 is 57.4 Å². The first kappa shape index (κ1) is 35.2. The minimum absolute atomic E-state index is 0.0263. The van der Waals surface area contributed by atoms with Crippen molar-refractivity contribution in [3.8, 4) is 34.3 Å². The Morgan fingerprint density at radius 2 is 1.89 bits per heavy atom. The summed E-state index contributed by atoms with van der Waals surface area (Å²) in [6.45, 7) is 2.75. The van der Waals surface area contributed by atoms with Crippen LogP contribution in [0.5, 0.6) is 0 Å². The highest BCUT2D eigenvalue weighted by atomic mass is 32.8. The van der Waals surface area contributed by atoms with Crippen LogP contribution in [0, 0.1) is 5.82 Å². The minimum atomic E-state index is -3.50. The molecule has 0 saturated carbocycles. The monoisotopic (exact) mass is 718 g/mol. The number of nitrogen functional groups attached to an aromatic ring is 1. The highest BCUT2D eigenvalue weighted by molar-refractivity contribution is 8.77. The van der Waals surface area contributed by atoms with E-state index in [1.54, 1.807) is 18.2 Å². The zero-order chi connectivity index (χ0) is 31.9. The lowest BCUT2D eigenvalue weighted by molar-refractivity contribution is 0.198. The average Bonchev–Trinajstić information content (AvgIpc) is 3.72. The number of sulfone groups is 1. The zero-order valence-corrected chi connectivity index (χ0v) is 29.8. The number of nitrogens with one attached hydrogen (secondary N) is 1. The van der Waals surface area contributed by atoms with E-state index >= 15 is 0 Å². The molecule has 6 unspecified atom stereocenters. The van der Waals surface area contributed by atoms with Crippen LogP contribution in [0.1, 0.15) is 18.9 Å². The van der Waals surface area contributed by atoms with Gasteiger partial charge in [0.1, 0.15) is 12.0 Å². The van der Waals surface area contributed by atoms with Gasteiger partial charge in [-0.1, -0.05) is 26.2 Å². The molecule has 0 amide bonds. The van der Waals surface area contributed by atoms with Crippen molar-refractivity contribution in [2.45, 2.75) is 36.2 Å². The fraction of sp³-hybridized carbons (Fsp3) is 0.308. The predicted molar refractivity (Wildman–Crippen MR) is 184 cm³/mol. The maximum Gasteiger partial charge on any atom is 0.270 e. The van der Waals surface area contributed by atoms with Gasteiger partial charge in [0.25, 0.3) is 11.8 Å². The van der Waals surface area contributed by atoms with E-state index in [0.29, 0.717) is 36.4 Å². The second-order valence-corrected chi connectivity index (χ2v) is 25.9. The Bertz CT molecular complexity index is 1660. The maximum absolute atomic E-state index is 14.8. The van der Waals surface area contributed by atoms with Crippen LogP contribution in [0.3, 0.4) is 0 Å². The summed E-state index contributed by atoms with van der Waals surface area (Å²) in [4.78, 5) is 8.85. The Balaban J connectivity index is 0.000000818. The molecule has 5 rings (SSSR count). The molecule has 1 aliphatic heterocycles. The van der Waals surface area contributed by atoms with Gasteiger partial charge in [0.2, 0.25) is 0 Å². The van der Waals surface area contributed by atoms with Gasteiger partial charge in [0, 0.05) is 25.3 Å². The molecule has 10 nitrogen and oxygen atoms in total. The minimum Gasteiger partial charge on any atom is -0.414 e. The van der Waals surface area contributed by atoms with Crippen molar-refractivity contribution in [3.05, 3.63) is 60.0 Å². The lowest BCUT2D eigenvalue weighted by Crippen LogP contribution is -2.21. The smallest absolute Gasteiger partial charge is 0.270 e. The number of rotatable bonds is 10. The summed E-state index contributed by atoms with van der Waals surface area (Å²) in [5, 5.41) is 10.3. The van der Waals surface area contributed by atoms with E-state index < -0.39 is 27.1 Å². The van der Waals surface area contributed by atoms with Gasteiger partial charge in [-0.25, -0.2) is 27.2 Å². The molecule has 2 aromatic carbocycles. The van der Waals surface area contributed by atoms with Crippen LogP contribution < -0.4 is 11.1 Å². The molecule has 1 aliphatic rings. The second kappa shape index (κ2) is 16.3. The zero-order valence-electron chi connectivity index (χ0n) is 23.7. The second-order valence-electron chi connectivity index (χ2n) is 9.72. The van der Waals surface area contributed by atoms with E-state index in [4.69, 9.17) is 14.9 Å². The third-order valence-corrected chi connectivity index (χ3v) is 20.5. The standard InChI is InChI=1S/C26H26F2N6O4S.H7P5/c1-15(27)11-30-12-16-2-7-20(21(28)10-16)25-33-34-26(38-25)23-24(29)31-13-22(32-23)17-3-5-18(6-4-17)39(35,36)19-8-9-37-14-19;1-4-5(2)3/h2-7,10,13,15,19,30H,8-9,11-12,14H2,1H3,(H2,29,31);4H,1-3H2. The van der Waals surface area contributed by atoms with Crippen molar-refractivity contribution in [1.29, 1.82) is 0 Å². The topological polar surface area (TPSA) is 146 Å². The molecule has 0 spiro atoms. The van der Waals surface area contributed by atoms with Gasteiger partial charge in [0.05, 0.1) is 34.2 Å². The lowest BCUT2D eigenvalue weighted by atomic mass is 10.1. The molecular weight excluding hydrogens is 685 g/mol. The van der Waals surface area contributed by atoms with Crippen molar-refractivity contribution in [3.63, 3.8) is 0 Å². The van der Waals surface area contributed by atoms with Crippen molar-refractivity contribution in [2.24, 2.45) is 0 Å². The Labute approximate surface area is 264 Å². The van der Waals surface area contributed by atoms with E-state index in [-0.39, 0.29) is 53.9 Å². The van der Waals surface area contributed by atoms with Gasteiger partial charge in [0.15, 0.2) is 21.3 Å². The summed E-state index contributed by atoms with van der Waals surface area (Å²) in [5.74, 6) is -0.681. The van der Waals surface area contributed by atoms with Gasteiger partial charge in [-0.2, -0.15) is 0 Å². The van der Waals surface area contributed by atoms with Gasteiger partial charge in [-0.15, -0.1) is 37.0 Å². The third-order valence-electron chi connectivity index (χ3n) is 6.40. The fourth-order valence-corrected chi connectivity index (χ4v) is 5.73. The SMILES string of the molecule is CC(F)CNCc1ccc(-c2nnc(-c3nc(-c4ccc(S(=O)(=O)C5CCOC5)cc4)cnc3N)o2)c(F)c1.PPP(P)P. The Kier molecular flexibility index (Phi) is 13.0. The number of hydrogen-bond donors (Lipinski definition) is 2. The summed E-state index contributed by atoms with van der Waals surface area (Å²) in [6, 6.07) is 10.8.